The highest BCUT2D eigenvalue weighted by molar-refractivity contribution is 7.13. The van der Waals surface area contributed by atoms with Crippen LogP contribution in [0.5, 0.6) is 0 Å². The normalized spacial score (nSPS) is 12.4. The van der Waals surface area contributed by atoms with Gasteiger partial charge in [-0.1, -0.05) is 36.4 Å². The number of benzene rings is 1. The first-order valence-corrected chi connectivity index (χ1v) is 6.97. The van der Waals surface area contributed by atoms with Gasteiger partial charge in [-0.05, 0) is 17.0 Å². The van der Waals surface area contributed by atoms with Crippen LogP contribution in [0.2, 0.25) is 0 Å². The molecule has 5 nitrogen and oxygen atoms in total. The van der Waals surface area contributed by atoms with Crippen LogP contribution >= 0.6 is 11.3 Å². The van der Waals surface area contributed by atoms with Crippen LogP contribution < -0.4 is 5.76 Å². The molecule has 6 heteroatoms. The Morgan fingerprint density at radius 1 is 1.25 bits per heavy atom. The van der Waals surface area contributed by atoms with Gasteiger partial charge in [0.2, 0.25) is 0 Å². The predicted octanol–water partition coefficient (Wildman–Crippen LogP) is 2.30. The maximum Gasteiger partial charge on any atom is 0.437 e. The Bertz CT molecular complexity index is 731. The molecule has 0 bridgehead atoms. The van der Waals surface area contributed by atoms with Gasteiger partial charge < -0.3 is 9.52 Å². The third-order valence-corrected chi connectivity index (χ3v) is 3.73. The molecular weight excluding hydrogens is 276 g/mol. The van der Waals surface area contributed by atoms with Crippen molar-refractivity contribution in [3.8, 4) is 10.8 Å². The second kappa shape index (κ2) is 5.44. The van der Waals surface area contributed by atoms with Crippen molar-refractivity contribution in [3.63, 3.8) is 0 Å². The molecule has 1 N–H and O–H groups in total. The Labute approximate surface area is 118 Å². The monoisotopic (exact) mass is 288 g/mol. The molecule has 0 aliphatic rings. The SMILES string of the molecule is O=c1oc(-c2cccs2)nn1CC(O)c1ccccc1. The first kappa shape index (κ1) is 12.8. The highest BCUT2D eigenvalue weighted by Crippen LogP contribution is 2.21. The zero-order chi connectivity index (χ0) is 13.9. The van der Waals surface area contributed by atoms with E-state index in [2.05, 4.69) is 5.10 Å². The second-order valence-corrected chi connectivity index (χ2v) is 5.21. The molecule has 3 aromatic rings. The smallest absolute Gasteiger partial charge is 0.387 e. The van der Waals surface area contributed by atoms with Gasteiger partial charge in [0.25, 0.3) is 5.89 Å². The number of nitrogens with zero attached hydrogens (tertiary/aromatic N) is 2. The molecule has 0 aliphatic heterocycles. The molecule has 1 aromatic carbocycles. The van der Waals surface area contributed by atoms with E-state index in [1.54, 1.807) is 12.1 Å². The van der Waals surface area contributed by atoms with Crippen molar-refractivity contribution in [2.24, 2.45) is 0 Å². The van der Waals surface area contributed by atoms with Crippen LogP contribution in [-0.2, 0) is 6.54 Å². The molecule has 0 aliphatic carbocycles. The van der Waals surface area contributed by atoms with Gasteiger partial charge in [0.15, 0.2) is 0 Å². The molecule has 0 amide bonds. The molecule has 1 unspecified atom stereocenters. The molecule has 102 valence electrons. The summed E-state index contributed by atoms with van der Waals surface area (Å²) in [5.74, 6) is -0.284. The Kier molecular flexibility index (Phi) is 3.49. The van der Waals surface area contributed by atoms with Crippen molar-refractivity contribution in [1.82, 2.24) is 9.78 Å². The van der Waals surface area contributed by atoms with Crippen molar-refractivity contribution in [2.75, 3.05) is 0 Å². The van der Waals surface area contributed by atoms with E-state index in [4.69, 9.17) is 4.42 Å². The molecule has 1 atom stereocenters. The van der Waals surface area contributed by atoms with Crippen LogP contribution in [0.3, 0.4) is 0 Å². The lowest BCUT2D eigenvalue weighted by Gasteiger charge is -2.09. The Balaban J connectivity index is 1.83. The fourth-order valence-corrected chi connectivity index (χ4v) is 2.51. The highest BCUT2D eigenvalue weighted by Gasteiger charge is 2.15. The zero-order valence-corrected chi connectivity index (χ0v) is 11.3. The third-order valence-electron chi connectivity index (χ3n) is 2.87. The molecular formula is C14H12N2O3S. The topological polar surface area (TPSA) is 68.3 Å². The van der Waals surface area contributed by atoms with Gasteiger partial charge in [0.1, 0.15) is 0 Å². The highest BCUT2D eigenvalue weighted by atomic mass is 32.1. The van der Waals surface area contributed by atoms with Gasteiger partial charge in [-0.3, -0.25) is 0 Å². The summed E-state index contributed by atoms with van der Waals surface area (Å²) < 4.78 is 6.24. The van der Waals surface area contributed by atoms with Gasteiger partial charge >= 0.3 is 5.76 Å². The largest absolute Gasteiger partial charge is 0.437 e. The molecule has 2 heterocycles. The number of rotatable bonds is 4. The first-order chi connectivity index (χ1) is 9.74. The average Bonchev–Trinajstić information content (AvgIpc) is 3.10. The molecule has 0 saturated heterocycles. The van der Waals surface area contributed by atoms with E-state index in [0.29, 0.717) is 0 Å². The molecule has 0 spiro atoms. The number of aliphatic hydroxyl groups excluding tert-OH is 1. The van der Waals surface area contributed by atoms with Crippen molar-refractivity contribution in [3.05, 3.63) is 64.0 Å². The minimum absolute atomic E-state index is 0.0672. The molecule has 20 heavy (non-hydrogen) atoms. The molecule has 0 saturated carbocycles. The summed E-state index contributed by atoms with van der Waals surface area (Å²) in [5, 5.41) is 16.1. The lowest BCUT2D eigenvalue weighted by atomic mass is 10.1. The van der Waals surface area contributed by atoms with Crippen LogP contribution in [-0.4, -0.2) is 14.9 Å². The van der Waals surface area contributed by atoms with Crippen molar-refractivity contribution in [2.45, 2.75) is 12.6 Å². The summed E-state index contributed by atoms with van der Waals surface area (Å²) in [6.07, 6.45) is -0.796. The predicted molar refractivity (Wildman–Crippen MR) is 75.5 cm³/mol. The fraction of sp³-hybridized carbons (Fsp3) is 0.143. The van der Waals surface area contributed by atoms with Crippen LogP contribution in [0.4, 0.5) is 0 Å². The van der Waals surface area contributed by atoms with E-state index in [-0.39, 0.29) is 12.4 Å². The van der Waals surface area contributed by atoms with Crippen LogP contribution in [0.1, 0.15) is 11.7 Å². The van der Waals surface area contributed by atoms with E-state index in [1.807, 2.05) is 35.7 Å². The maximum atomic E-state index is 11.7. The van der Waals surface area contributed by atoms with Crippen molar-refractivity contribution in [1.29, 1.82) is 0 Å². The molecule has 3 rings (SSSR count). The van der Waals surface area contributed by atoms with Gasteiger partial charge in [-0.15, -0.1) is 16.4 Å². The zero-order valence-electron chi connectivity index (χ0n) is 10.5. The molecule has 2 aromatic heterocycles. The van der Waals surface area contributed by atoms with E-state index < -0.39 is 11.9 Å². The van der Waals surface area contributed by atoms with E-state index >= 15 is 0 Å². The van der Waals surface area contributed by atoms with Crippen molar-refractivity contribution < 1.29 is 9.52 Å². The van der Waals surface area contributed by atoms with Crippen LogP contribution in [0, 0.1) is 0 Å². The number of hydrogen-bond donors (Lipinski definition) is 1. The average molecular weight is 288 g/mol. The van der Waals surface area contributed by atoms with E-state index in [0.717, 1.165) is 15.1 Å². The van der Waals surface area contributed by atoms with E-state index in [1.165, 1.54) is 11.3 Å². The van der Waals surface area contributed by atoms with E-state index in [9.17, 15) is 9.90 Å². The minimum Gasteiger partial charge on any atom is -0.387 e. The quantitative estimate of drug-likeness (QED) is 0.800. The standard InChI is InChI=1S/C14H12N2O3S/c17-11(10-5-2-1-3-6-10)9-16-14(18)19-13(15-16)12-7-4-8-20-12/h1-8,11,17H,9H2. The van der Waals surface area contributed by atoms with Crippen LogP contribution in [0.15, 0.2) is 57.1 Å². The van der Waals surface area contributed by atoms with Gasteiger partial charge in [0, 0.05) is 0 Å². The first-order valence-electron chi connectivity index (χ1n) is 6.09. The summed E-state index contributed by atoms with van der Waals surface area (Å²) in [6.45, 7) is 0.0672. The molecule has 0 fully saturated rings. The van der Waals surface area contributed by atoms with Crippen LogP contribution in [0.25, 0.3) is 10.8 Å². The Hall–Kier alpha value is -2.18. The fourth-order valence-electron chi connectivity index (χ4n) is 1.87. The van der Waals surface area contributed by atoms with Crippen molar-refractivity contribution >= 4 is 11.3 Å². The lowest BCUT2D eigenvalue weighted by molar-refractivity contribution is 0.148. The summed E-state index contributed by atoms with van der Waals surface area (Å²) in [5.41, 5.74) is 0.736. The van der Waals surface area contributed by atoms with Gasteiger partial charge in [0.05, 0.1) is 17.5 Å². The van der Waals surface area contributed by atoms with Gasteiger partial charge in [-0.2, -0.15) is 4.68 Å². The lowest BCUT2D eigenvalue weighted by Crippen LogP contribution is -2.20. The van der Waals surface area contributed by atoms with Gasteiger partial charge in [-0.25, -0.2) is 4.79 Å². The number of aliphatic hydroxyl groups is 1. The maximum absolute atomic E-state index is 11.7. The third kappa shape index (κ3) is 2.56. The number of aromatic nitrogens is 2. The Morgan fingerprint density at radius 2 is 2.05 bits per heavy atom. The number of hydrogen-bond acceptors (Lipinski definition) is 5. The number of thiophene rings is 1. The summed E-state index contributed by atoms with van der Waals surface area (Å²) in [7, 11) is 0. The molecule has 0 radical (unpaired) electrons. The summed E-state index contributed by atoms with van der Waals surface area (Å²) >= 11 is 1.44. The summed E-state index contributed by atoms with van der Waals surface area (Å²) in [4.78, 5) is 12.5. The minimum atomic E-state index is -0.796. The summed E-state index contributed by atoms with van der Waals surface area (Å²) in [6, 6.07) is 12.8. The Morgan fingerprint density at radius 3 is 2.75 bits per heavy atom. The second-order valence-electron chi connectivity index (χ2n) is 4.26.